The van der Waals surface area contributed by atoms with E-state index in [1.165, 1.54) is 35.4 Å². The highest BCUT2D eigenvalue weighted by atomic mass is 16.5. The summed E-state index contributed by atoms with van der Waals surface area (Å²) < 4.78 is 5.95. The molecule has 0 saturated carbocycles. The Kier molecular flexibility index (Phi) is 11.0. The average molecular weight is 423 g/mol. The first-order chi connectivity index (χ1) is 14.0. The third kappa shape index (κ3) is 10.2. The van der Waals surface area contributed by atoms with Crippen LogP contribution in [0, 0.1) is 12.8 Å². The summed E-state index contributed by atoms with van der Waals surface area (Å²) in [7, 11) is 4.42. The average Bonchev–Trinajstić information content (AvgIpc) is 2.65. The zero-order chi connectivity index (χ0) is 22.7. The van der Waals surface area contributed by atoms with Gasteiger partial charge in [-0.1, -0.05) is 29.8 Å². The van der Waals surface area contributed by atoms with Gasteiger partial charge < -0.3 is 30.0 Å². The molecule has 1 saturated heterocycles. The van der Waals surface area contributed by atoms with Crippen molar-refractivity contribution in [1.82, 2.24) is 5.32 Å². The highest BCUT2D eigenvalue weighted by Gasteiger charge is 2.33. The van der Waals surface area contributed by atoms with Gasteiger partial charge in [-0.3, -0.25) is 0 Å². The fourth-order valence-electron chi connectivity index (χ4n) is 3.83. The number of carbonyl (C=O) groups is 2. The van der Waals surface area contributed by atoms with E-state index in [2.05, 4.69) is 64.4 Å². The number of aliphatic carboxylic acids is 2. The van der Waals surface area contributed by atoms with Gasteiger partial charge in [-0.05, 0) is 64.0 Å². The summed E-state index contributed by atoms with van der Waals surface area (Å²) in [5.41, 5.74) is 2.87. The summed E-state index contributed by atoms with van der Waals surface area (Å²) in [5.74, 6) is -2.66. The van der Waals surface area contributed by atoms with Gasteiger partial charge in [-0.15, -0.1) is 0 Å². The van der Waals surface area contributed by atoms with Crippen LogP contribution in [0.1, 0.15) is 50.2 Å². The lowest BCUT2D eigenvalue weighted by molar-refractivity contribution is -0.856. The summed E-state index contributed by atoms with van der Waals surface area (Å²) in [5, 5.41) is 20.0. The van der Waals surface area contributed by atoms with Crippen LogP contribution in [0.2, 0.25) is 0 Å². The molecule has 7 nitrogen and oxygen atoms in total. The van der Waals surface area contributed by atoms with Crippen LogP contribution in [0.15, 0.2) is 24.3 Å². The zero-order valence-electron chi connectivity index (χ0n) is 19.0. The molecule has 2 rings (SSSR count). The van der Waals surface area contributed by atoms with Crippen LogP contribution in [-0.2, 0) is 14.3 Å². The van der Waals surface area contributed by atoms with Gasteiger partial charge in [0, 0.05) is 13.2 Å². The molecule has 1 aromatic rings. The second kappa shape index (κ2) is 12.7. The van der Waals surface area contributed by atoms with Gasteiger partial charge in [0.2, 0.25) is 0 Å². The monoisotopic (exact) mass is 422 g/mol. The summed E-state index contributed by atoms with van der Waals surface area (Å²) in [6.45, 7) is 10.9. The first-order valence-corrected chi connectivity index (χ1v) is 10.7. The smallest absolute Gasteiger partial charge is 0.351 e. The molecular formula is C23H38N2O5. The third-order valence-corrected chi connectivity index (χ3v) is 5.42. The first-order valence-electron chi connectivity index (χ1n) is 10.7. The van der Waals surface area contributed by atoms with Gasteiger partial charge in [0.1, 0.15) is 0 Å². The second-order valence-corrected chi connectivity index (χ2v) is 8.97. The van der Waals surface area contributed by atoms with Crippen LogP contribution >= 0.6 is 0 Å². The lowest BCUT2D eigenvalue weighted by Gasteiger charge is -2.39. The quantitative estimate of drug-likeness (QED) is 0.409. The van der Waals surface area contributed by atoms with Crippen LogP contribution in [0.4, 0.5) is 0 Å². The van der Waals surface area contributed by atoms with Crippen molar-refractivity contribution in [1.29, 1.82) is 0 Å². The molecule has 0 amide bonds. The number of aryl methyl sites for hydroxylation is 1. The first kappa shape index (κ1) is 26.1. The SMILES string of the molecule is Cc1ccc(C(CCNCC[NH+](C)C)C2CCOC(C)(C)C2)cc1.O=C([O-])C(=O)O. The number of nitrogens with one attached hydrogen (secondary N) is 2. The molecule has 0 bridgehead atoms. The maximum absolute atomic E-state index is 9.04. The van der Waals surface area contributed by atoms with Crippen molar-refractivity contribution in [3.05, 3.63) is 35.4 Å². The maximum atomic E-state index is 9.04. The molecule has 0 spiro atoms. The summed E-state index contributed by atoms with van der Waals surface area (Å²) >= 11 is 0. The number of ether oxygens (including phenoxy) is 1. The van der Waals surface area contributed by atoms with E-state index in [1.807, 2.05) is 0 Å². The number of quaternary nitrogens is 1. The number of carbonyl (C=O) groups excluding carboxylic acids is 1. The molecule has 0 radical (unpaired) electrons. The van der Waals surface area contributed by atoms with E-state index in [9.17, 15) is 0 Å². The van der Waals surface area contributed by atoms with Gasteiger partial charge in [0.25, 0.3) is 0 Å². The molecule has 3 N–H and O–H groups in total. The van der Waals surface area contributed by atoms with E-state index in [0.717, 1.165) is 32.0 Å². The second-order valence-electron chi connectivity index (χ2n) is 8.97. The van der Waals surface area contributed by atoms with Gasteiger partial charge in [-0.2, -0.15) is 0 Å². The number of rotatable bonds is 8. The molecule has 1 aliphatic heterocycles. The number of carboxylic acid groups (broad SMARTS) is 2. The molecular weight excluding hydrogens is 384 g/mol. The minimum atomic E-state index is -2.07. The molecule has 1 heterocycles. The van der Waals surface area contributed by atoms with Gasteiger partial charge in [0.05, 0.1) is 26.2 Å². The molecule has 0 aliphatic carbocycles. The van der Waals surface area contributed by atoms with Crippen LogP contribution < -0.4 is 15.3 Å². The van der Waals surface area contributed by atoms with Crippen molar-refractivity contribution in [2.75, 3.05) is 40.3 Å². The predicted molar refractivity (Wildman–Crippen MR) is 114 cm³/mol. The zero-order valence-corrected chi connectivity index (χ0v) is 19.0. The largest absolute Gasteiger partial charge is 0.539 e. The fraction of sp³-hybridized carbons (Fsp3) is 0.652. The van der Waals surface area contributed by atoms with E-state index >= 15 is 0 Å². The highest BCUT2D eigenvalue weighted by Crippen LogP contribution is 2.39. The Morgan fingerprint density at radius 3 is 2.37 bits per heavy atom. The Labute approximate surface area is 180 Å². The topological polar surface area (TPSA) is 103 Å². The number of hydrogen-bond acceptors (Lipinski definition) is 5. The molecule has 2 unspecified atom stereocenters. The van der Waals surface area contributed by atoms with Gasteiger partial charge in [-0.25, -0.2) is 4.79 Å². The Morgan fingerprint density at radius 2 is 1.87 bits per heavy atom. The lowest BCUT2D eigenvalue weighted by Crippen LogP contribution is -3.06. The van der Waals surface area contributed by atoms with Crippen LogP contribution in [0.5, 0.6) is 0 Å². The maximum Gasteiger partial charge on any atom is 0.351 e. The molecule has 1 fully saturated rings. The van der Waals surface area contributed by atoms with E-state index in [1.54, 1.807) is 0 Å². The highest BCUT2D eigenvalue weighted by molar-refractivity contribution is 6.26. The molecule has 2 atom stereocenters. The third-order valence-electron chi connectivity index (χ3n) is 5.42. The lowest BCUT2D eigenvalue weighted by atomic mass is 9.75. The molecule has 0 aromatic heterocycles. The minimum Gasteiger partial charge on any atom is -0.539 e. The molecule has 30 heavy (non-hydrogen) atoms. The standard InChI is InChI=1S/C21H36N2O.C2H2O4/c1-17-6-8-18(9-7-17)20(10-12-22-13-14-23(4)5)19-11-15-24-21(2,3)16-19;3-1(4)2(5)6/h6-9,19-20,22H,10-16H2,1-5H3;(H,3,4)(H,5,6). The van der Waals surface area contributed by atoms with Crippen molar-refractivity contribution < 1.29 is 29.4 Å². The molecule has 1 aromatic carbocycles. The predicted octanol–water partition coefficient (Wildman–Crippen LogP) is 0.229. The summed E-state index contributed by atoms with van der Waals surface area (Å²) in [4.78, 5) is 19.5. The van der Waals surface area contributed by atoms with Gasteiger partial charge >= 0.3 is 5.97 Å². The summed E-state index contributed by atoms with van der Waals surface area (Å²) in [6.07, 6.45) is 3.56. The van der Waals surface area contributed by atoms with E-state index in [-0.39, 0.29) is 5.60 Å². The minimum absolute atomic E-state index is 0.0214. The van der Waals surface area contributed by atoms with Crippen molar-refractivity contribution in [2.24, 2.45) is 5.92 Å². The number of benzene rings is 1. The van der Waals surface area contributed by atoms with Crippen molar-refractivity contribution in [2.45, 2.75) is 51.6 Å². The van der Waals surface area contributed by atoms with E-state index < -0.39 is 11.9 Å². The Balaban J connectivity index is 0.000000656. The number of likely N-dealkylation sites (N-methyl/N-ethyl adjacent to an activating group) is 1. The van der Waals surface area contributed by atoms with Crippen molar-refractivity contribution in [3.8, 4) is 0 Å². The Hall–Kier alpha value is -1.96. The van der Waals surface area contributed by atoms with Crippen molar-refractivity contribution in [3.63, 3.8) is 0 Å². The van der Waals surface area contributed by atoms with E-state index in [0.29, 0.717) is 5.92 Å². The van der Waals surface area contributed by atoms with Crippen LogP contribution in [0.3, 0.4) is 0 Å². The van der Waals surface area contributed by atoms with E-state index in [4.69, 9.17) is 24.5 Å². The normalized spacial score (nSPS) is 18.9. The van der Waals surface area contributed by atoms with Crippen LogP contribution in [0.25, 0.3) is 0 Å². The van der Waals surface area contributed by atoms with Gasteiger partial charge in [0.15, 0.2) is 5.97 Å². The molecule has 1 aliphatic rings. The molecule has 170 valence electrons. The summed E-state index contributed by atoms with van der Waals surface area (Å²) in [6, 6.07) is 9.20. The molecule has 7 heteroatoms. The fourth-order valence-corrected chi connectivity index (χ4v) is 3.83. The van der Waals surface area contributed by atoms with Crippen molar-refractivity contribution >= 4 is 11.9 Å². The van der Waals surface area contributed by atoms with Crippen LogP contribution in [-0.4, -0.2) is 63.0 Å². The number of hydrogen-bond donors (Lipinski definition) is 3. The Bertz CT molecular complexity index is 646. The Morgan fingerprint density at radius 1 is 1.27 bits per heavy atom. The number of carboxylic acids is 2.